The Morgan fingerprint density at radius 3 is 2.86 bits per heavy atom. The van der Waals surface area contributed by atoms with E-state index in [1.54, 1.807) is 29.5 Å². The van der Waals surface area contributed by atoms with Crippen molar-refractivity contribution in [2.24, 2.45) is 0 Å². The maximum Gasteiger partial charge on any atom is 0.407 e. The quantitative estimate of drug-likeness (QED) is 0.318. The van der Waals surface area contributed by atoms with E-state index >= 15 is 0 Å². The van der Waals surface area contributed by atoms with Crippen LogP contribution in [0.25, 0.3) is 0 Å². The number of thioether (sulfide) groups is 1. The van der Waals surface area contributed by atoms with Crippen LogP contribution < -0.4 is 9.80 Å². The molecule has 1 aliphatic rings. The van der Waals surface area contributed by atoms with Gasteiger partial charge in [0, 0.05) is 50.5 Å². The summed E-state index contributed by atoms with van der Waals surface area (Å²) in [6.45, 7) is 1.87. The van der Waals surface area contributed by atoms with E-state index in [2.05, 4.69) is 9.97 Å². The van der Waals surface area contributed by atoms with E-state index in [1.165, 1.54) is 16.7 Å². The number of carboxylic acid groups (broad SMARTS) is 1. The van der Waals surface area contributed by atoms with E-state index in [-0.39, 0.29) is 12.0 Å². The minimum atomic E-state index is -0.961. The molecule has 1 unspecified atom stereocenters. The van der Waals surface area contributed by atoms with Crippen LogP contribution in [0.4, 0.5) is 16.3 Å². The fraction of sp³-hybridized carbons (Fsp3) is 0.360. The van der Waals surface area contributed by atoms with E-state index in [1.807, 2.05) is 60.0 Å². The fourth-order valence-corrected chi connectivity index (χ4v) is 5.09. The summed E-state index contributed by atoms with van der Waals surface area (Å²) in [5, 5.41) is 11.8. The van der Waals surface area contributed by atoms with Crippen molar-refractivity contribution in [1.82, 2.24) is 14.9 Å². The Morgan fingerprint density at radius 2 is 2.14 bits per heavy atom. The highest BCUT2D eigenvalue weighted by Gasteiger charge is 2.28. The van der Waals surface area contributed by atoms with E-state index in [9.17, 15) is 14.7 Å². The number of hydrogen-bond donors (Lipinski definition) is 1. The smallest absolute Gasteiger partial charge is 0.407 e. The highest BCUT2D eigenvalue weighted by molar-refractivity contribution is 7.98. The number of aromatic nitrogens is 2. The number of carbonyl (C=O) groups excluding carboxylic acids is 1. The van der Waals surface area contributed by atoms with Crippen LogP contribution in [0.5, 0.6) is 0 Å². The predicted molar refractivity (Wildman–Crippen MR) is 142 cm³/mol. The van der Waals surface area contributed by atoms with Gasteiger partial charge in [0.05, 0.1) is 12.7 Å². The summed E-state index contributed by atoms with van der Waals surface area (Å²) in [6, 6.07) is 11.7. The van der Waals surface area contributed by atoms with Crippen molar-refractivity contribution in [2.45, 2.75) is 24.3 Å². The van der Waals surface area contributed by atoms with E-state index in [0.717, 1.165) is 16.1 Å². The third kappa shape index (κ3) is 5.97. The van der Waals surface area contributed by atoms with Crippen molar-refractivity contribution in [3.8, 4) is 0 Å². The first-order chi connectivity index (χ1) is 17.4. The molecule has 1 aliphatic heterocycles. The highest BCUT2D eigenvalue weighted by atomic mass is 32.2. The lowest BCUT2D eigenvalue weighted by Gasteiger charge is -2.23. The normalized spacial score (nSPS) is 14.4. The zero-order chi connectivity index (χ0) is 25.7. The van der Waals surface area contributed by atoms with Gasteiger partial charge in [-0.1, -0.05) is 30.0 Å². The zero-order valence-corrected chi connectivity index (χ0v) is 22.1. The minimum absolute atomic E-state index is 0.131. The van der Waals surface area contributed by atoms with Crippen molar-refractivity contribution in [3.05, 3.63) is 64.0 Å². The second-order valence-corrected chi connectivity index (χ2v) is 10.2. The topological polar surface area (TPSA) is 99.1 Å². The second-order valence-electron chi connectivity index (χ2n) is 8.45. The van der Waals surface area contributed by atoms with Crippen molar-refractivity contribution in [3.63, 3.8) is 0 Å². The van der Waals surface area contributed by atoms with Gasteiger partial charge in [-0.2, -0.15) is 0 Å². The number of likely N-dealkylation sites (N-methyl/N-ethyl adjacent to an activating group) is 1. The van der Waals surface area contributed by atoms with Crippen LogP contribution in [0.1, 0.15) is 33.3 Å². The first-order valence-electron chi connectivity index (χ1n) is 11.5. The van der Waals surface area contributed by atoms with Gasteiger partial charge in [-0.25, -0.2) is 14.8 Å². The lowest BCUT2D eigenvalue weighted by Crippen LogP contribution is -2.33. The maximum absolute atomic E-state index is 13.4. The van der Waals surface area contributed by atoms with Gasteiger partial charge in [-0.15, -0.1) is 11.3 Å². The molecule has 0 fully saturated rings. The summed E-state index contributed by atoms with van der Waals surface area (Å²) in [5.41, 5.74) is 2.20. The van der Waals surface area contributed by atoms with Gasteiger partial charge in [-0.05, 0) is 41.8 Å². The van der Waals surface area contributed by atoms with Crippen LogP contribution in [0.15, 0.2) is 53.1 Å². The van der Waals surface area contributed by atoms with E-state index in [0.29, 0.717) is 49.2 Å². The molecule has 1 atom stereocenters. The molecular weight excluding hydrogens is 498 g/mol. The molecule has 0 radical (unpaired) electrons. The Labute approximate surface area is 218 Å². The Balaban J connectivity index is 1.50. The largest absolute Gasteiger partial charge is 0.465 e. The summed E-state index contributed by atoms with van der Waals surface area (Å²) in [7, 11) is 3.49. The van der Waals surface area contributed by atoms with Crippen LogP contribution in [0.3, 0.4) is 0 Å². The molecular formula is C25H29N5O4S2. The summed E-state index contributed by atoms with van der Waals surface area (Å²) in [6.07, 6.45) is 2.89. The molecule has 0 spiro atoms. The lowest BCUT2D eigenvalue weighted by atomic mass is 10.1. The molecule has 1 N–H and O–H groups in total. The molecule has 9 nitrogen and oxygen atoms in total. The molecule has 11 heteroatoms. The monoisotopic (exact) mass is 527 g/mol. The van der Waals surface area contributed by atoms with Gasteiger partial charge in [0.1, 0.15) is 11.4 Å². The summed E-state index contributed by atoms with van der Waals surface area (Å²) in [5.74, 6) is 0.514. The van der Waals surface area contributed by atoms with Crippen molar-refractivity contribution in [1.29, 1.82) is 0 Å². The molecule has 0 saturated carbocycles. The third-order valence-electron chi connectivity index (χ3n) is 6.01. The number of amides is 2. The summed E-state index contributed by atoms with van der Waals surface area (Å²) >= 11 is 3.03. The molecule has 1 aromatic carbocycles. The molecule has 190 valence electrons. The Morgan fingerprint density at radius 1 is 1.31 bits per heavy atom. The molecule has 2 aromatic heterocycles. The average molecular weight is 528 g/mol. The number of benzene rings is 1. The number of rotatable bonds is 9. The first kappa shape index (κ1) is 25.9. The van der Waals surface area contributed by atoms with Gasteiger partial charge < -0.3 is 24.5 Å². The van der Waals surface area contributed by atoms with Gasteiger partial charge in [0.15, 0.2) is 5.16 Å². The minimum Gasteiger partial charge on any atom is -0.465 e. The molecule has 0 aliphatic carbocycles. The molecule has 3 heterocycles. The van der Waals surface area contributed by atoms with Crippen molar-refractivity contribution >= 4 is 46.6 Å². The van der Waals surface area contributed by atoms with Crippen LogP contribution >= 0.6 is 23.1 Å². The molecule has 2 amide bonds. The maximum atomic E-state index is 13.4. The van der Waals surface area contributed by atoms with Crippen molar-refractivity contribution < 1.29 is 19.4 Å². The summed E-state index contributed by atoms with van der Waals surface area (Å²) < 4.78 is 6.25. The van der Waals surface area contributed by atoms with Gasteiger partial charge in [0.2, 0.25) is 0 Å². The second kappa shape index (κ2) is 11.7. The molecule has 0 bridgehead atoms. The zero-order valence-electron chi connectivity index (χ0n) is 20.5. The first-order valence-corrected chi connectivity index (χ1v) is 13.6. The summed E-state index contributed by atoms with van der Waals surface area (Å²) in [4.78, 5) is 39.6. The third-order valence-corrected chi connectivity index (χ3v) is 7.54. The lowest BCUT2D eigenvalue weighted by molar-refractivity contribution is 0.0310. The average Bonchev–Trinajstić information content (AvgIpc) is 3.39. The van der Waals surface area contributed by atoms with Gasteiger partial charge >= 0.3 is 6.09 Å². The molecule has 36 heavy (non-hydrogen) atoms. The Hall–Kier alpha value is -3.15. The van der Waals surface area contributed by atoms with Crippen LogP contribution in [-0.2, 0) is 11.3 Å². The number of hydrogen-bond acceptors (Lipinski definition) is 8. The number of anilines is 2. The Kier molecular flexibility index (Phi) is 8.44. The highest BCUT2D eigenvalue weighted by Crippen LogP contribution is 2.30. The van der Waals surface area contributed by atoms with Crippen LogP contribution in [0, 0.1) is 0 Å². The van der Waals surface area contributed by atoms with Crippen LogP contribution in [-0.4, -0.2) is 72.0 Å². The van der Waals surface area contributed by atoms with Crippen molar-refractivity contribution in [2.75, 3.05) is 49.8 Å². The van der Waals surface area contributed by atoms with Crippen LogP contribution in [0.2, 0.25) is 0 Å². The van der Waals surface area contributed by atoms with Gasteiger partial charge in [0.25, 0.3) is 5.91 Å². The van der Waals surface area contributed by atoms with Gasteiger partial charge in [-0.3, -0.25) is 4.79 Å². The SMILES string of the molecule is CSc1ncc2c(n1)N(C)CCN(c1cccc(COC(CCN(C)C(=O)O)c3cccs3)c1)C2=O. The fourth-order valence-electron chi connectivity index (χ4n) is 3.95. The van der Waals surface area contributed by atoms with E-state index < -0.39 is 6.09 Å². The standard InChI is InChI=1S/C25H29N5O4S2/c1-28-11-12-30(23(31)19-15-26-24(35-3)27-22(19)28)18-7-4-6-17(14-18)16-34-20(21-8-5-13-36-21)9-10-29(2)25(32)33/h4-8,13-15,20H,9-12,16H2,1-3H3,(H,32,33). The number of nitrogens with zero attached hydrogens (tertiary/aromatic N) is 5. The van der Waals surface area contributed by atoms with E-state index in [4.69, 9.17) is 4.74 Å². The number of fused-ring (bicyclic) bond motifs is 1. The molecule has 0 saturated heterocycles. The molecule has 3 aromatic rings. The number of ether oxygens (including phenoxy) is 1. The number of carbonyl (C=O) groups is 2. The predicted octanol–water partition coefficient (Wildman–Crippen LogP) is 4.61. The Bertz CT molecular complexity index is 1210. The number of thiophene rings is 1. The molecule has 4 rings (SSSR count).